The van der Waals surface area contributed by atoms with Crippen LogP contribution in [0.25, 0.3) is 0 Å². The van der Waals surface area contributed by atoms with E-state index in [0.717, 1.165) is 30.6 Å². The first-order valence-electron chi connectivity index (χ1n) is 6.41. The molecular formula is C13H19N3. The summed E-state index contributed by atoms with van der Waals surface area (Å²) >= 11 is 0. The van der Waals surface area contributed by atoms with E-state index >= 15 is 0 Å². The normalized spacial score (nSPS) is 22.4. The monoisotopic (exact) mass is 217 g/mol. The highest BCUT2D eigenvalue weighted by atomic mass is 15.2. The van der Waals surface area contributed by atoms with E-state index in [2.05, 4.69) is 22.9 Å². The minimum Gasteiger partial charge on any atom is -0.356 e. The number of anilines is 1. The van der Waals surface area contributed by atoms with Crippen LogP contribution in [-0.2, 0) is 0 Å². The Kier molecular flexibility index (Phi) is 2.54. The molecule has 1 saturated carbocycles. The van der Waals surface area contributed by atoms with Crippen molar-refractivity contribution in [2.24, 2.45) is 5.92 Å². The molecule has 16 heavy (non-hydrogen) atoms. The van der Waals surface area contributed by atoms with Gasteiger partial charge in [0.1, 0.15) is 11.6 Å². The fourth-order valence-electron chi connectivity index (χ4n) is 2.32. The molecule has 3 rings (SSSR count). The van der Waals surface area contributed by atoms with Crippen molar-refractivity contribution in [3.63, 3.8) is 0 Å². The molecular weight excluding hydrogens is 198 g/mol. The Labute approximate surface area is 96.9 Å². The first-order chi connectivity index (χ1) is 7.83. The largest absolute Gasteiger partial charge is 0.356 e. The fraction of sp³-hybridized carbons (Fsp3) is 0.692. The minimum absolute atomic E-state index is 0.656. The summed E-state index contributed by atoms with van der Waals surface area (Å²) in [6, 6.07) is 2.06. The van der Waals surface area contributed by atoms with E-state index in [1.54, 1.807) is 0 Å². The summed E-state index contributed by atoms with van der Waals surface area (Å²) in [5, 5.41) is 0. The number of hydrogen-bond acceptors (Lipinski definition) is 3. The maximum absolute atomic E-state index is 4.70. The lowest BCUT2D eigenvalue weighted by atomic mass is 9.99. The topological polar surface area (TPSA) is 29.0 Å². The highest BCUT2D eigenvalue weighted by Gasteiger charge is 2.27. The van der Waals surface area contributed by atoms with E-state index in [1.807, 2.05) is 6.20 Å². The number of rotatable bonds is 2. The van der Waals surface area contributed by atoms with Crippen molar-refractivity contribution >= 4 is 5.82 Å². The van der Waals surface area contributed by atoms with Crippen LogP contribution in [0.2, 0.25) is 0 Å². The summed E-state index contributed by atoms with van der Waals surface area (Å²) < 4.78 is 0. The van der Waals surface area contributed by atoms with Gasteiger partial charge in [0, 0.05) is 25.2 Å². The SMILES string of the molecule is CC1CCN(c2ccnc(C3CC3)n2)CC1. The zero-order valence-corrected chi connectivity index (χ0v) is 9.89. The van der Waals surface area contributed by atoms with Gasteiger partial charge in [-0.2, -0.15) is 0 Å². The molecule has 0 spiro atoms. The standard InChI is InChI=1S/C13H19N3/c1-10-5-8-16(9-6-10)12-4-7-14-13(15-12)11-2-3-11/h4,7,10-11H,2-3,5-6,8-9H2,1H3. The molecule has 3 nitrogen and oxygen atoms in total. The van der Waals surface area contributed by atoms with E-state index < -0.39 is 0 Å². The average molecular weight is 217 g/mol. The molecule has 0 N–H and O–H groups in total. The molecule has 0 bridgehead atoms. The Hall–Kier alpha value is -1.12. The Balaban J connectivity index is 1.75. The van der Waals surface area contributed by atoms with Gasteiger partial charge in [-0.15, -0.1) is 0 Å². The molecule has 2 fully saturated rings. The van der Waals surface area contributed by atoms with Crippen molar-refractivity contribution in [3.05, 3.63) is 18.1 Å². The Morgan fingerprint density at radius 2 is 1.94 bits per heavy atom. The van der Waals surface area contributed by atoms with Crippen LogP contribution >= 0.6 is 0 Å². The summed E-state index contributed by atoms with van der Waals surface area (Å²) in [6.45, 7) is 4.65. The summed E-state index contributed by atoms with van der Waals surface area (Å²) in [5.74, 6) is 3.74. The Morgan fingerprint density at radius 3 is 2.62 bits per heavy atom. The number of nitrogens with zero attached hydrogens (tertiary/aromatic N) is 3. The lowest BCUT2D eigenvalue weighted by Gasteiger charge is -2.31. The van der Waals surface area contributed by atoms with Crippen molar-refractivity contribution in [1.82, 2.24) is 9.97 Å². The average Bonchev–Trinajstić information content (AvgIpc) is 3.14. The van der Waals surface area contributed by atoms with Crippen LogP contribution < -0.4 is 4.90 Å². The molecule has 0 unspecified atom stereocenters. The van der Waals surface area contributed by atoms with Gasteiger partial charge >= 0.3 is 0 Å². The molecule has 0 amide bonds. The molecule has 0 radical (unpaired) electrons. The fourth-order valence-corrected chi connectivity index (χ4v) is 2.32. The molecule has 2 aliphatic rings. The van der Waals surface area contributed by atoms with Crippen molar-refractivity contribution < 1.29 is 0 Å². The second-order valence-electron chi connectivity index (χ2n) is 5.22. The molecule has 1 aromatic heterocycles. The molecule has 86 valence electrons. The van der Waals surface area contributed by atoms with Gasteiger partial charge in [-0.25, -0.2) is 9.97 Å². The molecule has 0 aromatic carbocycles. The van der Waals surface area contributed by atoms with Crippen LogP contribution in [0, 0.1) is 5.92 Å². The van der Waals surface area contributed by atoms with E-state index in [0.29, 0.717) is 5.92 Å². The van der Waals surface area contributed by atoms with E-state index in [9.17, 15) is 0 Å². The molecule has 1 aliphatic carbocycles. The number of aromatic nitrogens is 2. The summed E-state index contributed by atoms with van der Waals surface area (Å²) in [6.07, 6.45) is 7.07. The second kappa shape index (κ2) is 4.04. The summed E-state index contributed by atoms with van der Waals surface area (Å²) in [4.78, 5) is 11.5. The third-order valence-corrected chi connectivity index (χ3v) is 3.71. The first kappa shape index (κ1) is 10.1. The van der Waals surface area contributed by atoms with Gasteiger partial charge in [0.2, 0.25) is 0 Å². The number of hydrogen-bond donors (Lipinski definition) is 0. The molecule has 2 heterocycles. The maximum Gasteiger partial charge on any atom is 0.133 e. The molecule has 3 heteroatoms. The predicted molar refractivity (Wildman–Crippen MR) is 64.6 cm³/mol. The highest BCUT2D eigenvalue weighted by molar-refractivity contribution is 5.38. The molecule has 1 aliphatic heterocycles. The summed E-state index contributed by atoms with van der Waals surface area (Å²) in [5.41, 5.74) is 0. The van der Waals surface area contributed by atoms with Gasteiger partial charge in [0.05, 0.1) is 0 Å². The zero-order chi connectivity index (χ0) is 11.0. The van der Waals surface area contributed by atoms with Gasteiger partial charge in [0.25, 0.3) is 0 Å². The van der Waals surface area contributed by atoms with Gasteiger partial charge in [-0.05, 0) is 37.7 Å². The van der Waals surface area contributed by atoms with Crippen LogP contribution in [0.3, 0.4) is 0 Å². The van der Waals surface area contributed by atoms with Crippen molar-refractivity contribution in [2.45, 2.75) is 38.5 Å². The Morgan fingerprint density at radius 1 is 1.19 bits per heavy atom. The third kappa shape index (κ3) is 2.04. The van der Waals surface area contributed by atoms with E-state index in [1.165, 1.54) is 25.7 Å². The van der Waals surface area contributed by atoms with E-state index in [-0.39, 0.29) is 0 Å². The third-order valence-electron chi connectivity index (χ3n) is 3.71. The summed E-state index contributed by atoms with van der Waals surface area (Å²) in [7, 11) is 0. The maximum atomic E-state index is 4.70. The van der Waals surface area contributed by atoms with Gasteiger partial charge in [-0.1, -0.05) is 6.92 Å². The lowest BCUT2D eigenvalue weighted by Crippen LogP contribution is -2.33. The van der Waals surface area contributed by atoms with Crippen LogP contribution in [0.1, 0.15) is 44.3 Å². The van der Waals surface area contributed by atoms with Crippen molar-refractivity contribution in [2.75, 3.05) is 18.0 Å². The van der Waals surface area contributed by atoms with Gasteiger partial charge in [-0.3, -0.25) is 0 Å². The smallest absolute Gasteiger partial charge is 0.133 e. The Bertz CT molecular complexity index is 365. The number of piperidine rings is 1. The van der Waals surface area contributed by atoms with Crippen LogP contribution in [0.4, 0.5) is 5.82 Å². The molecule has 1 saturated heterocycles. The highest BCUT2D eigenvalue weighted by Crippen LogP contribution is 2.38. The second-order valence-corrected chi connectivity index (χ2v) is 5.22. The lowest BCUT2D eigenvalue weighted by molar-refractivity contribution is 0.436. The minimum atomic E-state index is 0.656. The first-order valence-corrected chi connectivity index (χ1v) is 6.41. The van der Waals surface area contributed by atoms with Crippen LogP contribution in [0.5, 0.6) is 0 Å². The quantitative estimate of drug-likeness (QED) is 0.762. The molecule has 0 atom stereocenters. The predicted octanol–water partition coefficient (Wildman–Crippen LogP) is 2.59. The van der Waals surface area contributed by atoms with E-state index in [4.69, 9.17) is 4.98 Å². The van der Waals surface area contributed by atoms with Crippen molar-refractivity contribution in [3.8, 4) is 0 Å². The van der Waals surface area contributed by atoms with Gasteiger partial charge < -0.3 is 4.90 Å². The molecule has 1 aromatic rings. The van der Waals surface area contributed by atoms with Gasteiger partial charge in [0.15, 0.2) is 0 Å². The zero-order valence-electron chi connectivity index (χ0n) is 9.89. The van der Waals surface area contributed by atoms with Crippen LogP contribution in [0.15, 0.2) is 12.3 Å². The van der Waals surface area contributed by atoms with Crippen molar-refractivity contribution in [1.29, 1.82) is 0 Å². The van der Waals surface area contributed by atoms with Crippen LogP contribution in [-0.4, -0.2) is 23.1 Å².